The number of aromatic nitrogens is 1. The Morgan fingerprint density at radius 2 is 2.33 bits per heavy atom. The summed E-state index contributed by atoms with van der Waals surface area (Å²) in [7, 11) is 0. The summed E-state index contributed by atoms with van der Waals surface area (Å²) >= 11 is 1.63. The van der Waals surface area contributed by atoms with Crippen LogP contribution in [0.15, 0.2) is 11.6 Å². The van der Waals surface area contributed by atoms with Crippen LogP contribution in [0.5, 0.6) is 0 Å². The van der Waals surface area contributed by atoms with Gasteiger partial charge in [0.1, 0.15) is 0 Å². The van der Waals surface area contributed by atoms with E-state index in [0.717, 1.165) is 37.4 Å². The van der Waals surface area contributed by atoms with Crippen LogP contribution in [-0.4, -0.2) is 35.5 Å². The second-order valence-corrected chi connectivity index (χ2v) is 4.58. The van der Waals surface area contributed by atoms with Gasteiger partial charge in [-0.05, 0) is 12.8 Å². The van der Waals surface area contributed by atoms with E-state index in [0.29, 0.717) is 6.54 Å². The van der Waals surface area contributed by atoms with Gasteiger partial charge >= 0.3 is 6.03 Å². The highest BCUT2D eigenvalue weighted by Crippen LogP contribution is 2.07. The van der Waals surface area contributed by atoms with E-state index < -0.39 is 0 Å². The Bertz CT molecular complexity index is 306. The lowest BCUT2D eigenvalue weighted by Crippen LogP contribution is -2.38. The monoisotopic (exact) mass is 225 g/mol. The van der Waals surface area contributed by atoms with Gasteiger partial charge in [-0.1, -0.05) is 0 Å². The van der Waals surface area contributed by atoms with Gasteiger partial charge in [-0.3, -0.25) is 0 Å². The molecule has 0 spiro atoms. The van der Waals surface area contributed by atoms with Gasteiger partial charge in [-0.25, -0.2) is 9.78 Å². The number of carbonyl (C=O) groups excluding carboxylic acids is 1. The first-order valence-electron chi connectivity index (χ1n) is 5.27. The highest BCUT2D eigenvalue weighted by molar-refractivity contribution is 7.09. The van der Waals surface area contributed by atoms with Crippen molar-refractivity contribution in [2.45, 2.75) is 19.3 Å². The first-order valence-corrected chi connectivity index (χ1v) is 6.15. The average molecular weight is 225 g/mol. The molecular weight excluding hydrogens is 210 g/mol. The Hall–Kier alpha value is -1.10. The normalized spacial score (nSPS) is 15.6. The van der Waals surface area contributed by atoms with E-state index in [-0.39, 0.29) is 6.03 Å². The predicted molar refractivity (Wildman–Crippen MR) is 60.0 cm³/mol. The Morgan fingerprint density at radius 1 is 1.53 bits per heavy atom. The van der Waals surface area contributed by atoms with Gasteiger partial charge in [0.2, 0.25) is 0 Å². The molecule has 0 radical (unpaired) electrons. The average Bonchev–Trinajstić information content (AvgIpc) is 2.90. The van der Waals surface area contributed by atoms with Crippen molar-refractivity contribution in [2.24, 2.45) is 0 Å². The first kappa shape index (κ1) is 10.4. The Kier molecular flexibility index (Phi) is 3.55. The number of likely N-dealkylation sites (tertiary alicyclic amines) is 1. The van der Waals surface area contributed by atoms with E-state index in [1.54, 1.807) is 17.5 Å². The molecule has 1 N–H and O–H groups in total. The summed E-state index contributed by atoms with van der Waals surface area (Å²) in [6, 6.07) is 0.0732. The molecule has 0 atom stereocenters. The second-order valence-electron chi connectivity index (χ2n) is 3.60. The number of hydrogen-bond acceptors (Lipinski definition) is 3. The van der Waals surface area contributed by atoms with Crippen LogP contribution in [0, 0.1) is 0 Å². The quantitative estimate of drug-likeness (QED) is 0.847. The van der Waals surface area contributed by atoms with Crippen molar-refractivity contribution in [1.29, 1.82) is 0 Å². The van der Waals surface area contributed by atoms with Crippen LogP contribution in [0.2, 0.25) is 0 Å². The number of urea groups is 1. The van der Waals surface area contributed by atoms with E-state index in [4.69, 9.17) is 0 Å². The lowest BCUT2D eigenvalue weighted by Gasteiger charge is -2.15. The fourth-order valence-electron chi connectivity index (χ4n) is 1.68. The molecule has 0 bridgehead atoms. The maximum Gasteiger partial charge on any atom is 0.317 e. The molecule has 2 amide bonds. The third-order valence-corrected chi connectivity index (χ3v) is 3.33. The number of thiazole rings is 1. The zero-order valence-electron chi connectivity index (χ0n) is 8.61. The van der Waals surface area contributed by atoms with E-state index in [1.165, 1.54) is 0 Å². The zero-order chi connectivity index (χ0) is 10.5. The fraction of sp³-hybridized carbons (Fsp3) is 0.600. The standard InChI is InChI=1S/C10H15N3OS/c14-10(13-6-1-2-7-13)12-4-3-9-11-5-8-15-9/h5,8H,1-4,6-7H2,(H,12,14). The maximum atomic E-state index is 11.6. The summed E-state index contributed by atoms with van der Waals surface area (Å²) < 4.78 is 0. The minimum Gasteiger partial charge on any atom is -0.338 e. The van der Waals surface area contributed by atoms with E-state index in [2.05, 4.69) is 10.3 Å². The molecule has 1 aromatic heterocycles. The van der Waals surface area contributed by atoms with Gasteiger partial charge in [-0.2, -0.15) is 0 Å². The van der Waals surface area contributed by atoms with Crippen molar-refractivity contribution < 1.29 is 4.79 Å². The fourth-order valence-corrected chi connectivity index (χ4v) is 2.31. The van der Waals surface area contributed by atoms with Crippen molar-refractivity contribution in [1.82, 2.24) is 15.2 Å². The van der Waals surface area contributed by atoms with E-state index >= 15 is 0 Å². The van der Waals surface area contributed by atoms with Crippen LogP contribution < -0.4 is 5.32 Å². The van der Waals surface area contributed by atoms with Gasteiger partial charge in [0.15, 0.2) is 0 Å². The number of rotatable bonds is 3. The molecule has 0 aliphatic carbocycles. The highest BCUT2D eigenvalue weighted by atomic mass is 32.1. The Labute approximate surface area is 93.3 Å². The third-order valence-electron chi connectivity index (χ3n) is 2.49. The Balaban J connectivity index is 1.67. The summed E-state index contributed by atoms with van der Waals surface area (Å²) in [4.78, 5) is 17.6. The largest absolute Gasteiger partial charge is 0.338 e. The minimum absolute atomic E-state index is 0.0732. The molecule has 1 fully saturated rings. The molecule has 15 heavy (non-hydrogen) atoms. The van der Waals surface area contributed by atoms with Crippen LogP contribution in [0.3, 0.4) is 0 Å². The molecule has 1 aliphatic rings. The van der Waals surface area contributed by atoms with Gasteiger partial charge in [0.25, 0.3) is 0 Å². The summed E-state index contributed by atoms with van der Waals surface area (Å²) in [6.45, 7) is 2.50. The van der Waals surface area contributed by atoms with Crippen LogP contribution in [0.25, 0.3) is 0 Å². The first-order chi connectivity index (χ1) is 7.36. The topological polar surface area (TPSA) is 45.2 Å². The highest BCUT2D eigenvalue weighted by Gasteiger charge is 2.16. The molecule has 2 heterocycles. The molecular formula is C10H15N3OS. The molecule has 0 aromatic carbocycles. The van der Waals surface area contributed by atoms with Crippen LogP contribution in [0.1, 0.15) is 17.8 Å². The van der Waals surface area contributed by atoms with E-state index in [1.807, 2.05) is 10.3 Å². The van der Waals surface area contributed by atoms with Crippen molar-refractivity contribution in [3.05, 3.63) is 16.6 Å². The van der Waals surface area contributed by atoms with Crippen LogP contribution in [-0.2, 0) is 6.42 Å². The number of hydrogen-bond donors (Lipinski definition) is 1. The van der Waals surface area contributed by atoms with Crippen molar-refractivity contribution in [3.63, 3.8) is 0 Å². The molecule has 1 saturated heterocycles. The van der Waals surface area contributed by atoms with Crippen LogP contribution in [0.4, 0.5) is 4.79 Å². The summed E-state index contributed by atoms with van der Waals surface area (Å²) in [6.07, 6.45) is 4.90. The molecule has 82 valence electrons. The summed E-state index contributed by atoms with van der Waals surface area (Å²) in [5, 5.41) is 5.95. The van der Waals surface area contributed by atoms with Gasteiger partial charge in [0, 0.05) is 37.6 Å². The Morgan fingerprint density at radius 3 is 3.00 bits per heavy atom. The number of carbonyl (C=O) groups is 1. The second kappa shape index (κ2) is 5.11. The number of nitrogens with one attached hydrogen (secondary N) is 1. The zero-order valence-corrected chi connectivity index (χ0v) is 9.42. The lowest BCUT2D eigenvalue weighted by atomic mass is 10.4. The van der Waals surface area contributed by atoms with E-state index in [9.17, 15) is 4.79 Å². The predicted octanol–water partition coefficient (Wildman–Crippen LogP) is 1.49. The van der Waals surface area contributed by atoms with Crippen LogP contribution >= 0.6 is 11.3 Å². The molecule has 0 unspecified atom stereocenters. The van der Waals surface area contributed by atoms with Gasteiger partial charge < -0.3 is 10.2 Å². The van der Waals surface area contributed by atoms with Crippen molar-refractivity contribution in [2.75, 3.05) is 19.6 Å². The van der Waals surface area contributed by atoms with Crippen molar-refractivity contribution >= 4 is 17.4 Å². The molecule has 2 rings (SSSR count). The van der Waals surface area contributed by atoms with Gasteiger partial charge in [0.05, 0.1) is 5.01 Å². The smallest absolute Gasteiger partial charge is 0.317 e. The molecule has 1 aromatic rings. The van der Waals surface area contributed by atoms with Crippen molar-refractivity contribution in [3.8, 4) is 0 Å². The minimum atomic E-state index is 0.0732. The summed E-state index contributed by atoms with van der Waals surface area (Å²) in [5.74, 6) is 0. The molecule has 0 saturated carbocycles. The molecule has 1 aliphatic heterocycles. The SMILES string of the molecule is O=C(NCCc1nccs1)N1CCCC1. The third kappa shape index (κ3) is 2.92. The lowest BCUT2D eigenvalue weighted by molar-refractivity contribution is 0.209. The molecule has 4 nitrogen and oxygen atoms in total. The maximum absolute atomic E-state index is 11.6. The van der Waals surface area contributed by atoms with Gasteiger partial charge in [-0.15, -0.1) is 11.3 Å². The summed E-state index contributed by atoms with van der Waals surface area (Å²) in [5.41, 5.74) is 0. The molecule has 5 heteroatoms. The number of amides is 2. The number of nitrogens with zero attached hydrogens (tertiary/aromatic N) is 2.